The van der Waals surface area contributed by atoms with Crippen LogP contribution in [0.2, 0.25) is 5.02 Å². The number of halogens is 2. The van der Waals surface area contributed by atoms with Crippen LogP contribution in [0.4, 0.5) is 4.39 Å². The predicted octanol–water partition coefficient (Wildman–Crippen LogP) is 3.99. The third-order valence-electron chi connectivity index (χ3n) is 4.44. The number of methoxy groups -OCH3 is 1. The Balaban J connectivity index is 1.67. The van der Waals surface area contributed by atoms with Crippen molar-refractivity contribution in [2.75, 3.05) is 13.7 Å². The fourth-order valence-electron chi connectivity index (χ4n) is 2.68. The highest BCUT2D eigenvalue weighted by atomic mass is 35.5. The topological polar surface area (TPSA) is 60.5 Å². The fraction of sp³-hybridized carbons (Fsp3) is 0.368. The first kappa shape index (κ1) is 18.5. The quantitative estimate of drug-likeness (QED) is 0.791. The van der Waals surface area contributed by atoms with Gasteiger partial charge in [0.15, 0.2) is 11.6 Å². The van der Waals surface area contributed by atoms with Crippen LogP contribution in [0.5, 0.6) is 11.6 Å². The lowest BCUT2D eigenvalue weighted by molar-refractivity contribution is 0.0942. The van der Waals surface area contributed by atoms with Crippen LogP contribution in [0.25, 0.3) is 0 Å². The second-order valence-electron chi connectivity index (χ2n) is 6.23. The summed E-state index contributed by atoms with van der Waals surface area (Å²) in [6, 6.07) is 6.06. The van der Waals surface area contributed by atoms with Gasteiger partial charge in [0.2, 0.25) is 5.88 Å². The molecule has 1 aromatic carbocycles. The molecule has 0 saturated heterocycles. The molecule has 1 saturated carbocycles. The third kappa shape index (κ3) is 4.25. The van der Waals surface area contributed by atoms with Crippen LogP contribution >= 0.6 is 11.6 Å². The van der Waals surface area contributed by atoms with Gasteiger partial charge in [0, 0.05) is 12.7 Å². The van der Waals surface area contributed by atoms with E-state index in [-0.39, 0.29) is 28.8 Å². The smallest absolute Gasteiger partial charge is 0.258 e. The molecule has 0 spiro atoms. The molecule has 26 heavy (non-hydrogen) atoms. The molecule has 2 aromatic rings. The van der Waals surface area contributed by atoms with Crippen molar-refractivity contribution in [2.45, 2.75) is 25.8 Å². The lowest BCUT2D eigenvalue weighted by atomic mass is 9.86. The standard InChI is InChI=1S/C19H20ClFN2O3/c1-25-16-6-5-13(9-15(16)21)10-23-18(24)17-14(20)7-8-22-19(17)26-11-12-3-2-4-12/h5-9,12H,2-4,10-11H2,1H3,(H,23,24). The Hall–Kier alpha value is -2.34. The van der Waals surface area contributed by atoms with Crippen molar-refractivity contribution in [3.8, 4) is 11.6 Å². The van der Waals surface area contributed by atoms with Gasteiger partial charge in [0.1, 0.15) is 5.56 Å². The summed E-state index contributed by atoms with van der Waals surface area (Å²) >= 11 is 6.18. The Morgan fingerprint density at radius 3 is 2.85 bits per heavy atom. The first-order valence-electron chi connectivity index (χ1n) is 8.46. The van der Waals surface area contributed by atoms with E-state index in [1.54, 1.807) is 12.1 Å². The molecule has 1 aromatic heterocycles. The lowest BCUT2D eigenvalue weighted by Gasteiger charge is -2.25. The highest BCUT2D eigenvalue weighted by Gasteiger charge is 2.22. The van der Waals surface area contributed by atoms with Crippen molar-refractivity contribution in [3.63, 3.8) is 0 Å². The normalized spacial score (nSPS) is 13.8. The summed E-state index contributed by atoms with van der Waals surface area (Å²) in [5.74, 6) is -0.00930. The summed E-state index contributed by atoms with van der Waals surface area (Å²) in [5, 5.41) is 2.99. The zero-order valence-electron chi connectivity index (χ0n) is 14.4. The molecule has 0 radical (unpaired) electrons. The monoisotopic (exact) mass is 378 g/mol. The summed E-state index contributed by atoms with van der Waals surface area (Å²) in [6.45, 7) is 0.671. The van der Waals surface area contributed by atoms with E-state index in [9.17, 15) is 9.18 Å². The summed E-state index contributed by atoms with van der Waals surface area (Å²) < 4.78 is 24.3. The number of carbonyl (C=O) groups excluding carboxylic acids is 1. The van der Waals surface area contributed by atoms with Gasteiger partial charge in [-0.3, -0.25) is 4.79 Å². The van der Waals surface area contributed by atoms with Crippen molar-refractivity contribution in [1.29, 1.82) is 0 Å². The molecule has 138 valence electrons. The van der Waals surface area contributed by atoms with Crippen molar-refractivity contribution in [3.05, 3.63) is 52.4 Å². The average Bonchev–Trinajstić information content (AvgIpc) is 2.58. The summed E-state index contributed by atoms with van der Waals surface area (Å²) in [5.41, 5.74) is 0.802. The van der Waals surface area contributed by atoms with Crippen LogP contribution in [-0.4, -0.2) is 24.6 Å². The van der Waals surface area contributed by atoms with Gasteiger partial charge in [-0.2, -0.15) is 0 Å². The number of carbonyl (C=O) groups is 1. The van der Waals surface area contributed by atoms with Crippen LogP contribution in [0.15, 0.2) is 30.5 Å². The zero-order valence-corrected chi connectivity index (χ0v) is 15.2. The van der Waals surface area contributed by atoms with E-state index >= 15 is 0 Å². The van der Waals surface area contributed by atoms with Crippen LogP contribution in [-0.2, 0) is 6.54 Å². The third-order valence-corrected chi connectivity index (χ3v) is 4.76. The van der Waals surface area contributed by atoms with E-state index in [0.29, 0.717) is 18.1 Å². The highest BCUT2D eigenvalue weighted by molar-refractivity contribution is 6.34. The van der Waals surface area contributed by atoms with Crippen LogP contribution < -0.4 is 14.8 Å². The number of hydrogen-bond acceptors (Lipinski definition) is 4. The minimum absolute atomic E-state index is 0.146. The van der Waals surface area contributed by atoms with Crippen molar-refractivity contribution in [1.82, 2.24) is 10.3 Å². The minimum atomic E-state index is -0.483. The molecule has 1 aliphatic carbocycles. The Kier molecular flexibility index (Phi) is 5.93. The Morgan fingerprint density at radius 1 is 1.38 bits per heavy atom. The van der Waals surface area contributed by atoms with Gasteiger partial charge in [0.25, 0.3) is 5.91 Å². The van der Waals surface area contributed by atoms with E-state index in [2.05, 4.69) is 10.3 Å². The molecule has 0 unspecified atom stereocenters. The maximum Gasteiger partial charge on any atom is 0.258 e. The van der Waals surface area contributed by atoms with Gasteiger partial charge in [0.05, 0.1) is 18.7 Å². The van der Waals surface area contributed by atoms with Crippen molar-refractivity contribution < 1.29 is 18.7 Å². The van der Waals surface area contributed by atoms with Gasteiger partial charge in [-0.15, -0.1) is 0 Å². The van der Waals surface area contributed by atoms with Gasteiger partial charge in [-0.05, 0) is 42.5 Å². The molecule has 1 heterocycles. The summed E-state index contributed by atoms with van der Waals surface area (Å²) in [6.07, 6.45) is 4.98. The molecule has 1 amide bonds. The van der Waals surface area contributed by atoms with Crippen LogP contribution in [0.1, 0.15) is 35.2 Å². The van der Waals surface area contributed by atoms with E-state index in [1.165, 1.54) is 31.9 Å². The van der Waals surface area contributed by atoms with E-state index in [1.807, 2.05) is 0 Å². The average molecular weight is 379 g/mol. The number of aromatic nitrogens is 1. The number of ether oxygens (including phenoxy) is 2. The highest BCUT2D eigenvalue weighted by Crippen LogP contribution is 2.29. The summed E-state index contributed by atoms with van der Waals surface area (Å²) in [4.78, 5) is 16.7. The molecule has 1 fully saturated rings. The summed E-state index contributed by atoms with van der Waals surface area (Å²) in [7, 11) is 1.40. The number of benzene rings is 1. The predicted molar refractivity (Wildman–Crippen MR) is 96.2 cm³/mol. The van der Waals surface area contributed by atoms with Gasteiger partial charge >= 0.3 is 0 Å². The van der Waals surface area contributed by atoms with Crippen molar-refractivity contribution in [2.24, 2.45) is 5.92 Å². The Labute approximate surface area is 156 Å². The van der Waals surface area contributed by atoms with Gasteiger partial charge in [-0.1, -0.05) is 24.1 Å². The number of hydrogen-bond donors (Lipinski definition) is 1. The second kappa shape index (κ2) is 8.36. The van der Waals surface area contributed by atoms with Gasteiger partial charge in [-0.25, -0.2) is 9.37 Å². The van der Waals surface area contributed by atoms with Crippen LogP contribution in [0.3, 0.4) is 0 Å². The first-order chi connectivity index (χ1) is 12.6. The maximum atomic E-state index is 13.8. The molecule has 7 heteroatoms. The molecule has 0 atom stereocenters. The number of nitrogens with zero attached hydrogens (tertiary/aromatic N) is 1. The van der Waals surface area contributed by atoms with Crippen LogP contribution in [0, 0.1) is 11.7 Å². The maximum absolute atomic E-state index is 13.8. The first-order valence-corrected chi connectivity index (χ1v) is 8.84. The molecule has 1 aliphatic rings. The molecule has 0 bridgehead atoms. The zero-order chi connectivity index (χ0) is 18.5. The number of amides is 1. The van der Waals surface area contributed by atoms with E-state index < -0.39 is 11.7 Å². The minimum Gasteiger partial charge on any atom is -0.494 e. The Bertz CT molecular complexity index is 796. The van der Waals surface area contributed by atoms with E-state index in [4.69, 9.17) is 21.1 Å². The molecule has 3 rings (SSSR count). The van der Waals surface area contributed by atoms with E-state index in [0.717, 1.165) is 12.8 Å². The van der Waals surface area contributed by atoms with Crippen molar-refractivity contribution >= 4 is 17.5 Å². The fourth-order valence-corrected chi connectivity index (χ4v) is 2.91. The number of pyridine rings is 1. The SMILES string of the molecule is COc1ccc(CNC(=O)c2c(Cl)ccnc2OCC2CCC2)cc1F. The number of nitrogens with one attached hydrogen (secondary N) is 1. The lowest BCUT2D eigenvalue weighted by Crippen LogP contribution is -2.25. The molecular formula is C19H20ClFN2O3. The largest absolute Gasteiger partial charge is 0.494 e. The van der Waals surface area contributed by atoms with Gasteiger partial charge < -0.3 is 14.8 Å². The molecule has 5 nitrogen and oxygen atoms in total. The molecule has 0 aliphatic heterocycles. The number of rotatable bonds is 7. The second-order valence-corrected chi connectivity index (χ2v) is 6.64. The molecular weight excluding hydrogens is 359 g/mol. The molecule has 1 N–H and O–H groups in total. The Morgan fingerprint density at radius 2 is 2.19 bits per heavy atom.